The van der Waals surface area contributed by atoms with Crippen molar-refractivity contribution in [2.45, 2.75) is 18.4 Å². The number of thioether (sulfide) groups is 1. The number of ether oxygens (including phenoxy) is 2. The molecule has 3 rings (SSSR count). The van der Waals surface area contributed by atoms with Gasteiger partial charge in [-0.15, -0.1) is 11.8 Å². The van der Waals surface area contributed by atoms with Crippen molar-refractivity contribution in [3.8, 4) is 5.75 Å². The lowest BCUT2D eigenvalue weighted by Gasteiger charge is -2.06. The van der Waals surface area contributed by atoms with E-state index < -0.39 is 0 Å². The SMILES string of the molecule is CCOCCn1c(=NC(=O)c2ccccc2SC)sc2cc(OC)ccc21. The van der Waals surface area contributed by atoms with Crippen molar-refractivity contribution in [2.75, 3.05) is 26.6 Å². The molecule has 1 aromatic heterocycles. The Morgan fingerprint density at radius 1 is 1.26 bits per heavy atom. The monoisotopic (exact) mass is 402 g/mol. The molecule has 2 aromatic carbocycles. The number of thiazole rings is 1. The predicted octanol–water partition coefficient (Wildman–Crippen LogP) is 4.21. The van der Waals surface area contributed by atoms with E-state index in [2.05, 4.69) is 4.99 Å². The normalized spacial score (nSPS) is 11.9. The van der Waals surface area contributed by atoms with E-state index in [1.54, 1.807) is 18.9 Å². The first-order valence-electron chi connectivity index (χ1n) is 8.65. The highest BCUT2D eigenvalue weighted by Gasteiger charge is 2.12. The molecule has 1 amide bonds. The minimum Gasteiger partial charge on any atom is -0.497 e. The molecule has 0 radical (unpaired) electrons. The van der Waals surface area contributed by atoms with Crippen LogP contribution in [0.5, 0.6) is 5.75 Å². The molecule has 0 unspecified atom stereocenters. The van der Waals surface area contributed by atoms with E-state index in [-0.39, 0.29) is 5.91 Å². The molecule has 0 spiro atoms. The largest absolute Gasteiger partial charge is 0.497 e. The zero-order valence-electron chi connectivity index (χ0n) is 15.6. The van der Waals surface area contributed by atoms with Crippen LogP contribution in [0.1, 0.15) is 17.3 Å². The zero-order chi connectivity index (χ0) is 19.2. The van der Waals surface area contributed by atoms with Crippen molar-refractivity contribution >= 4 is 39.2 Å². The van der Waals surface area contributed by atoms with Crippen LogP contribution >= 0.6 is 23.1 Å². The van der Waals surface area contributed by atoms with Gasteiger partial charge in [0.25, 0.3) is 5.91 Å². The van der Waals surface area contributed by atoms with E-state index in [0.717, 1.165) is 20.9 Å². The van der Waals surface area contributed by atoms with Gasteiger partial charge >= 0.3 is 0 Å². The summed E-state index contributed by atoms with van der Waals surface area (Å²) >= 11 is 3.03. The fraction of sp³-hybridized carbons (Fsp3) is 0.300. The first-order chi connectivity index (χ1) is 13.2. The van der Waals surface area contributed by atoms with Crippen LogP contribution in [0, 0.1) is 0 Å². The highest BCUT2D eigenvalue weighted by Crippen LogP contribution is 2.24. The number of hydrogen-bond acceptors (Lipinski definition) is 5. The number of carbonyl (C=O) groups excluding carboxylic acids is 1. The minimum atomic E-state index is -0.233. The van der Waals surface area contributed by atoms with Crippen LogP contribution in [0.15, 0.2) is 52.4 Å². The lowest BCUT2D eigenvalue weighted by Crippen LogP contribution is -2.19. The Labute approximate surface area is 166 Å². The van der Waals surface area contributed by atoms with Crippen LogP contribution in [0.4, 0.5) is 0 Å². The highest BCUT2D eigenvalue weighted by atomic mass is 32.2. The fourth-order valence-electron chi connectivity index (χ4n) is 2.75. The molecular weight excluding hydrogens is 380 g/mol. The van der Waals surface area contributed by atoms with E-state index >= 15 is 0 Å². The van der Waals surface area contributed by atoms with Gasteiger partial charge in [0.1, 0.15) is 5.75 Å². The van der Waals surface area contributed by atoms with E-state index in [0.29, 0.717) is 30.1 Å². The maximum Gasteiger partial charge on any atom is 0.280 e. The predicted molar refractivity (Wildman–Crippen MR) is 111 cm³/mol. The van der Waals surface area contributed by atoms with Gasteiger partial charge in [0.05, 0.1) is 29.5 Å². The van der Waals surface area contributed by atoms with E-state index in [1.165, 1.54) is 11.3 Å². The molecule has 0 saturated heterocycles. The zero-order valence-corrected chi connectivity index (χ0v) is 17.2. The second kappa shape index (κ2) is 9.21. The quantitative estimate of drug-likeness (QED) is 0.439. The Hall–Kier alpha value is -2.09. The summed E-state index contributed by atoms with van der Waals surface area (Å²) in [6.45, 7) is 3.83. The first-order valence-corrected chi connectivity index (χ1v) is 10.7. The number of hydrogen-bond donors (Lipinski definition) is 0. The lowest BCUT2D eigenvalue weighted by atomic mass is 10.2. The maximum atomic E-state index is 12.8. The first kappa shape index (κ1) is 19.7. The molecular formula is C20H22N2O3S2. The smallest absolute Gasteiger partial charge is 0.280 e. The fourth-order valence-corrected chi connectivity index (χ4v) is 4.42. The molecule has 0 aliphatic heterocycles. The van der Waals surface area contributed by atoms with Gasteiger partial charge in [0.15, 0.2) is 4.80 Å². The molecule has 3 aromatic rings. The molecule has 1 heterocycles. The van der Waals surface area contributed by atoms with Crippen molar-refractivity contribution in [3.05, 3.63) is 52.8 Å². The van der Waals surface area contributed by atoms with Gasteiger partial charge < -0.3 is 14.0 Å². The van der Waals surface area contributed by atoms with Gasteiger partial charge in [-0.05, 0) is 43.5 Å². The van der Waals surface area contributed by atoms with Crippen molar-refractivity contribution in [2.24, 2.45) is 4.99 Å². The summed E-state index contributed by atoms with van der Waals surface area (Å²) in [5.74, 6) is 0.551. The van der Waals surface area contributed by atoms with Crippen molar-refractivity contribution < 1.29 is 14.3 Å². The molecule has 0 aliphatic carbocycles. The molecule has 5 nitrogen and oxygen atoms in total. The number of fused-ring (bicyclic) bond motifs is 1. The maximum absolute atomic E-state index is 12.8. The second-order valence-corrected chi connectivity index (χ2v) is 7.54. The van der Waals surface area contributed by atoms with Gasteiger partial charge in [-0.1, -0.05) is 23.5 Å². The number of carbonyl (C=O) groups is 1. The number of benzene rings is 2. The average molecular weight is 403 g/mol. The molecule has 0 N–H and O–H groups in total. The number of aromatic nitrogens is 1. The van der Waals surface area contributed by atoms with Crippen molar-refractivity contribution in [1.82, 2.24) is 4.57 Å². The van der Waals surface area contributed by atoms with Gasteiger partial charge in [-0.3, -0.25) is 4.79 Å². The van der Waals surface area contributed by atoms with Crippen LogP contribution in [-0.2, 0) is 11.3 Å². The Morgan fingerprint density at radius 3 is 2.81 bits per heavy atom. The van der Waals surface area contributed by atoms with Crippen LogP contribution in [0.3, 0.4) is 0 Å². The summed E-state index contributed by atoms with van der Waals surface area (Å²) in [4.78, 5) is 18.9. The molecule has 0 atom stereocenters. The van der Waals surface area contributed by atoms with Crippen LogP contribution in [0.25, 0.3) is 10.2 Å². The Balaban J connectivity index is 2.09. The van der Waals surface area contributed by atoms with E-state index in [1.807, 2.05) is 60.2 Å². The second-order valence-electron chi connectivity index (χ2n) is 5.68. The van der Waals surface area contributed by atoms with E-state index in [4.69, 9.17) is 9.47 Å². The third-order valence-electron chi connectivity index (χ3n) is 4.09. The van der Waals surface area contributed by atoms with Crippen molar-refractivity contribution in [1.29, 1.82) is 0 Å². The summed E-state index contributed by atoms with van der Waals surface area (Å²) in [5, 5.41) is 0. The van der Waals surface area contributed by atoms with Gasteiger partial charge in [0, 0.05) is 18.0 Å². The standard InChI is InChI=1S/C20H22N2O3S2/c1-4-25-12-11-22-16-10-9-14(24-2)13-18(16)27-20(22)21-19(23)15-7-5-6-8-17(15)26-3/h5-10,13H,4,11-12H2,1-3H3. The van der Waals surface area contributed by atoms with Crippen LogP contribution < -0.4 is 9.54 Å². The van der Waals surface area contributed by atoms with Gasteiger partial charge in [-0.25, -0.2) is 0 Å². The molecule has 0 bridgehead atoms. The Kier molecular flexibility index (Phi) is 6.71. The molecule has 27 heavy (non-hydrogen) atoms. The minimum absolute atomic E-state index is 0.233. The summed E-state index contributed by atoms with van der Waals surface area (Å²) in [6.07, 6.45) is 1.96. The van der Waals surface area contributed by atoms with E-state index in [9.17, 15) is 4.79 Å². The molecule has 0 saturated carbocycles. The molecule has 0 aliphatic rings. The molecule has 142 valence electrons. The molecule has 0 fully saturated rings. The summed E-state index contributed by atoms with van der Waals surface area (Å²) in [6, 6.07) is 13.4. The topological polar surface area (TPSA) is 52.8 Å². The summed E-state index contributed by atoms with van der Waals surface area (Å²) < 4.78 is 13.9. The Morgan fingerprint density at radius 2 is 2.07 bits per heavy atom. The summed E-state index contributed by atoms with van der Waals surface area (Å²) in [5.41, 5.74) is 1.64. The third-order valence-corrected chi connectivity index (χ3v) is 5.92. The highest BCUT2D eigenvalue weighted by molar-refractivity contribution is 7.98. The van der Waals surface area contributed by atoms with Crippen molar-refractivity contribution in [3.63, 3.8) is 0 Å². The number of rotatable bonds is 7. The van der Waals surface area contributed by atoms with Gasteiger partial charge in [-0.2, -0.15) is 4.99 Å². The summed E-state index contributed by atoms with van der Waals surface area (Å²) in [7, 11) is 1.64. The molecule has 7 heteroatoms. The van der Waals surface area contributed by atoms with Crippen LogP contribution in [-0.4, -0.2) is 37.1 Å². The number of nitrogens with zero attached hydrogens (tertiary/aromatic N) is 2. The average Bonchev–Trinajstić information content (AvgIpc) is 3.04. The van der Waals surface area contributed by atoms with Gasteiger partial charge in [0.2, 0.25) is 0 Å². The number of methoxy groups -OCH3 is 1. The van der Waals surface area contributed by atoms with Crippen LogP contribution in [0.2, 0.25) is 0 Å². The lowest BCUT2D eigenvalue weighted by molar-refractivity contribution is 0.0994. The third kappa shape index (κ3) is 4.43. The Bertz CT molecular complexity index is 1010. The number of amides is 1.